The summed E-state index contributed by atoms with van der Waals surface area (Å²) in [7, 11) is 0. The molecule has 0 aliphatic carbocycles. The van der Waals surface area contributed by atoms with Crippen molar-refractivity contribution >= 4 is 13.6 Å². The van der Waals surface area contributed by atoms with Crippen molar-refractivity contribution in [1.82, 2.24) is 0 Å². The van der Waals surface area contributed by atoms with E-state index in [9.17, 15) is 0 Å². The third kappa shape index (κ3) is 4.23. The van der Waals surface area contributed by atoms with E-state index >= 15 is 0 Å². The second kappa shape index (κ2) is 6.38. The summed E-state index contributed by atoms with van der Waals surface area (Å²) in [5.74, 6) is 0. The normalized spacial score (nSPS) is 6.71. The molecule has 0 bridgehead atoms. The van der Waals surface area contributed by atoms with Gasteiger partial charge in [0.05, 0.1) is 0 Å². The van der Waals surface area contributed by atoms with Crippen LogP contribution in [0.3, 0.4) is 0 Å². The van der Waals surface area contributed by atoms with E-state index in [1.807, 2.05) is 0 Å². The van der Waals surface area contributed by atoms with Crippen LogP contribution in [0.15, 0.2) is 23.0 Å². The van der Waals surface area contributed by atoms with Gasteiger partial charge in [-0.05, 0) is 6.26 Å². The maximum Gasteiger partial charge on any atom is -0.0256 e. The first-order valence-electron chi connectivity index (χ1n) is 1.65. The monoisotopic (exact) mass is 210 g/mol. The molecule has 3 heteroatoms. The molecule has 0 spiro atoms. The van der Waals surface area contributed by atoms with Gasteiger partial charge in [-0.25, -0.2) is 6.07 Å². The summed E-state index contributed by atoms with van der Waals surface area (Å²) < 4.78 is 4.53. The molecule has 0 atom stereocenters. The Morgan fingerprint density at radius 3 is 2.43 bits per heavy atom. The summed E-state index contributed by atoms with van der Waals surface area (Å²) in [6, 6.07) is 4.40. The minimum absolute atomic E-state index is 1.19. The molecule has 1 rings (SSSR count). The van der Waals surface area contributed by atoms with Crippen molar-refractivity contribution in [2.75, 3.05) is 0 Å². The predicted octanol–water partition coefficient (Wildman–Crippen LogP) is 1.92. The van der Waals surface area contributed by atoms with Gasteiger partial charge in [0.1, 0.15) is 0 Å². The molecule has 0 radical (unpaired) electrons. The van der Waals surface area contributed by atoms with E-state index in [1.165, 1.54) is 22.6 Å². The van der Waals surface area contributed by atoms with Crippen LogP contribution in [0.2, 0.25) is 0 Å². The van der Waals surface area contributed by atoms with E-state index in [1.54, 1.807) is 12.3 Å². The Bertz CT molecular complexity index is 68.2. The Kier molecular flexibility index (Phi) is 6.73. The summed E-state index contributed by atoms with van der Waals surface area (Å²) in [5, 5.41) is 0. The van der Waals surface area contributed by atoms with Crippen molar-refractivity contribution in [2.24, 2.45) is 0 Å². The van der Waals surface area contributed by atoms with E-state index in [4.69, 9.17) is 0 Å². The van der Waals surface area contributed by atoms with Gasteiger partial charge < -0.3 is 4.42 Å². The van der Waals surface area contributed by atoms with Crippen LogP contribution in [0.25, 0.3) is 0 Å². The van der Waals surface area contributed by atoms with Gasteiger partial charge in [-0.2, -0.15) is 6.07 Å². The SMILES string of the molecule is [Zn+][Br].[c-]1ccoc1. The van der Waals surface area contributed by atoms with Crippen molar-refractivity contribution in [3.05, 3.63) is 24.7 Å². The number of halogens is 1. The van der Waals surface area contributed by atoms with Gasteiger partial charge in [0.15, 0.2) is 0 Å². The van der Waals surface area contributed by atoms with Crippen LogP contribution < -0.4 is 0 Å². The zero-order valence-corrected chi connectivity index (χ0v) is 8.28. The maximum atomic E-state index is 4.53. The second-order valence-electron chi connectivity index (χ2n) is 0.723. The fourth-order valence-electron chi connectivity index (χ4n) is 0.196. The molecular formula is C4H3BrOZn. The molecule has 0 aromatic carbocycles. The number of hydrogen-bond acceptors (Lipinski definition) is 1. The van der Waals surface area contributed by atoms with Crippen LogP contribution in [0, 0.1) is 6.07 Å². The molecule has 0 unspecified atom stereocenters. The predicted molar refractivity (Wildman–Crippen MR) is 26.5 cm³/mol. The van der Waals surface area contributed by atoms with Gasteiger partial charge in [0.25, 0.3) is 0 Å². The van der Waals surface area contributed by atoms with Crippen molar-refractivity contribution in [3.8, 4) is 0 Å². The Morgan fingerprint density at radius 1 is 1.57 bits per heavy atom. The minimum Gasteiger partial charge on any atom is -0.576 e. The molecule has 1 aromatic heterocycles. The Labute approximate surface area is 59.1 Å². The van der Waals surface area contributed by atoms with Gasteiger partial charge in [0, 0.05) is 0 Å². The first kappa shape index (κ1) is 7.38. The molecule has 0 N–H and O–H groups in total. The number of rotatable bonds is 0. The molecule has 0 saturated heterocycles. The summed E-state index contributed by atoms with van der Waals surface area (Å²) in [6.45, 7) is 0. The topological polar surface area (TPSA) is 13.1 Å². The summed E-state index contributed by atoms with van der Waals surface area (Å²) >= 11 is 4.25. The number of hydrogen-bond donors (Lipinski definition) is 0. The van der Waals surface area contributed by atoms with Crippen molar-refractivity contribution in [3.63, 3.8) is 0 Å². The van der Waals surface area contributed by atoms with Crippen molar-refractivity contribution in [1.29, 1.82) is 0 Å². The maximum absolute atomic E-state index is 4.53. The van der Waals surface area contributed by atoms with Gasteiger partial charge in [0.2, 0.25) is 0 Å². The Morgan fingerprint density at radius 2 is 2.29 bits per heavy atom. The minimum atomic E-state index is 1.19. The third-order valence-corrected chi connectivity index (χ3v) is 0.379. The van der Waals surface area contributed by atoms with E-state index in [-0.39, 0.29) is 0 Å². The Balaban J connectivity index is 0.000000162. The van der Waals surface area contributed by atoms with Crippen LogP contribution in [0.4, 0.5) is 0 Å². The molecule has 0 aliphatic heterocycles. The first-order chi connectivity index (χ1) is 3.50. The van der Waals surface area contributed by atoms with Crippen molar-refractivity contribution < 1.29 is 20.8 Å². The Hall–Kier alpha value is 0.383. The van der Waals surface area contributed by atoms with E-state index in [0.717, 1.165) is 0 Å². The molecule has 0 fully saturated rings. The molecule has 1 heterocycles. The van der Waals surface area contributed by atoms with Crippen LogP contribution in [-0.2, 0) is 16.3 Å². The van der Waals surface area contributed by atoms with Gasteiger partial charge in [-0.3, -0.25) is 0 Å². The quantitative estimate of drug-likeness (QED) is 0.473. The van der Waals surface area contributed by atoms with Crippen molar-refractivity contribution in [2.45, 2.75) is 0 Å². The average molecular weight is 212 g/mol. The third-order valence-electron chi connectivity index (χ3n) is 0.379. The van der Waals surface area contributed by atoms with Gasteiger partial charge >= 0.3 is 30.0 Å². The fraction of sp³-hybridized carbons (Fsp3) is 0. The molecule has 0 amide bonds. The molecule has 1 aromatic rings. The van der Waals surface area contributed by atoms with Crippen LogP contribution in [0.1, 0.15) is 0 Å². The molecule has 7 heavy (non-hydrogen) atoms. The van der Waals surface area contributed by atoms with Crippen LogP contribution in [0.5, 0.6) is 0 Å². The molecular weight excluding hydrogens is 209 g/mol. The van der Waals surface area contributed by atoms with E-state index < -0.39 is 0 Å². The smallest absolute Gasteiger partial charge is 0.0256 e. The average Bonchev–Trinajstić information content (AvgIpc) is 2.23. The zero-order valence-electron chi connectivity index (χ0n) is 3.73. The first-order valence-corrected chi connectivity index (χ1v) is 8.60. The van der Waals surface area contributed by atoms with Gasteiger partial charge in [-0.1, -0.05) is 6.26 Å². The fourth-order valence-corrected chi connectivity index (χ4v) is 0.196. The molecule has 0 saturated carbocycles. The number of furan rings is 1. The van der Waals surface area contributed by atoms with E-state index in [0.29, 0.717) is 0 Å². The van der Waals surface area contributed by atoms with Crippen LogP contribution >= 0.6 is 13.6 Å². The van der Waals surface area contributed by atoms with Gasteiger partial charge in [-0.15, -0.1) is 0 Å². The molecule has 34 valence electrons. The summed E-state index contributed by atoms with van der Waals surface area (Å²) in [5.41, 5.74) is 0. The largest absolute Gasteiger partial charge is 0.576 e. The van der Waals surface area contributed by atoms with E-state index in [2.05, 4.69) is 24.1 Å². The standard InChI is InChI=1S/C4H3O.BrH.Zn/c1-2-4-5-3-1;;/h1,3-4H;1H;/q-1;;+2/p-1. The molecule has 0 aliphatic rings. The zero-order chi connectivity index (χ0) is 5.54. The second-order valence-corrected chi connectivity index (χ2v) is 0.723. The van der Waals surface area contributed by atoms with Crippen LogP contribution in [-0.4, -0.2) is 0 Å². The molecule has 1 nitrogen and oxygen atoms in total. The summed E-state index contributed by atoms with van der Waals surface area (Å²) in [4.78, 5) is 0. The summed E-state index contributed by atoms with van der Waals surface area (Å²) in [6.07, 6.45) is 3.07.